The van der Waals surface area contributed by atoms with Crippen molar-refractivity contribution < 1.29 is 9.53 Å². The van der Waals surface area contributed by atoms with Crippen molar-refractivity contribution in [2.45, 2.75) is 60.0 Å². The van der Waals surface area contributed by atoms with Crippen LogP contribution in [0.4, 0.5) is 0 Å². The van der Waals surface area contributed by atoms with Crippen molar-refractivity contribution in [3.63, 3.8) is 0 Å². The number of aromatic nitrogens is 2. The number of benzene rings is 1. The number of carbonyl (C=O) groups is 1. The first-order valence-corrected chi connectivity index (χ1v) is 9.90. The van der Waals surface area contributed by atoms with Crippen molar-refractivity contribution in [2.75, 3.05) is 13.7 Å². The summed E-state index contributed by atoms with van der Waals surface area (Å²) < 4.78 is 6.76. The minimum Gasteiger partial charge on any atom is -0.383 e. The highest BCUT2D eigenvalue weighted by Gasteiger charge is 2.21. The number of nitrogens with one attached hydrogen (secondary N) is 1. The van der Waals surface area contributed by atoms with E-state index in [-0.39, 0.29) is 28.8 Å². The van der Waals surface area contributed by atoms with Gasteiger partial charge < -0.3 is 10.1 Å². The Hall–Kier alpha value is -2.21. The molecule has 28 heavy (non-hydrogen) atoms. The summed E-state index contributed by atoms with van der Waals surface area (Å²) in [5.41, 5.74) is 0.712. The number of ether oxygens (including phenoxy) is 1. The van der Waals surface area contributed by atoms with Crippen LogP contribution in [0.25, 0.3) is 10.9 Å². The fraction of sp³-hybridized carbons (Fsp3) is 0.591. The third kappa shape index (κ3) is 5.89. The molecule has 154 valence electrons. The van der Waals surface area contributed by atoms with Gasteiger partial charge in [0.25, 0.3) is 5.56 Å². The van der Waals surface area contributed by atoms with Gasteiger partial charge in [-0.3, -0.25) is 14.2 Å². The highest BCUT2D eigenvalue weighted by molar-refractivity contribution is 5.78. The maximum atomic E-state index is 12.9. The second kappa shape index (κ2) is 9.32. The van der Waals surface area contributed by atoms with E-state index in [1.807, 2.05) is 25.1 Å². The highest BCUT2D eigenvalue weighted by Crippen LogP contribution is 2.26. The van der Waals surface area contributed by atoms with Gasteiger partial charge in [0.15, 0.2) is 0 Å². The van der Waals surface area contributed by atoms with Crippen molar-refractivity contribution >= 4 is 16.8 Å². The van der Waals surface area contributed by atoms with Crippen LogP contribution in [-0.2, 0) is 16.1 Å². The van der Waals surface area contributed by atoms with Crippen LogP contribution in [0.2, 0.25) is 0 Å². The molecule has 2 rings (SSSR count). The normalized spacial score (nSPS) is 14.1. The smallest absolute Gasteiger partial charge is 0.261 e. The van der Waals surface area contributed by atoms with E-state index < -0.39 is 0 Å². The Labute approximate surface area is 167 Å². The molecule has 6 nitrogen and oxygen atoms in total. The molecule has 1 heterocycles. The van der Waals surface area contributed by atoms with E-state index in [0.29, 0.717) is 36.3 Å². The molecule has 1 aromatic carbocycles. The monoisotopic (exact) mass is 387 g/mol. The van der Waals surface area contributed by atoms with Gasteiger partial charge >= 0.3 is 0 Å². The molecule has 0 fully saturated rings. The van der Waals surface area contributed by atoms with Gasteiger partial charge in [0.1, 0.15) is 5.82 Å². The Kier molecular flexibility index (Phi) is 7.35. The molecule has 0 aliphatic heterocycles. The number of fused-ring (bicyclic) bond motifs is 1. The first-order valence-electron chi connectivity index (χ1n) is 9.90. The number of nitrogens with zero attached hydrogens (tertiary/aromatic N) is 2. The summed E-state index contributed by atoms with van der Waals surface area (Å²) in [6.07, 6.45) is 1.43. The molecular weight excluding hydrogens is 354 g/mol. The molecule has 0 aliphatic rings. The second-order valence-corrected chi connectivity index (χ2v) is 8.80. The summed E-state index contributed by atoms with van der Waals surface area (Å²) in [4.78, 5) is 30.2. The molecule has 0 saturated carbocycles. The van der Waals surface area contributed by atoms with Crippen LogP contribution in [0.5, 0.6) is 0 Å². The lowest BCUT2D eigenvalue weighted by Crippen LogP contribution is -2.35. The third-order valence-electron chi connectivity index (χ3n) is 4.67. The topological polar surface area (TPSA) is 73.2 Å². The van der Waals surface area contributed by atoms with Gasteiger partial charge in [0.05, 0.1) is 30.1 Å². The molecular formula is C22H33N3O3. The number of hydrogen-bond donors (Lipinski definition) is 1. The zero-order chi connectivity index (χ0) is 20.9. The van der Waals surface area contributed by atoms with Gasteiger partial charge in [0, 0.05) is 13.5 Å². The lowest BCUT2D eigenvalue weighted by molar-refractivity contribution is -0.122. The second-order valence-electron chi connectivity index (χ2n) is 8.80. The highest BCUT2D eigenvalue weighted by atomic mass is 16.5. The van der Waals surface area contributed by atoms with Gasteiger partial charge in [-0.2, -0.15) is 0 Å². The van der Waals surface area contributed by atoms with Gasteiger partial charge in [-0.05, 0) is 36.8 Å². The van der Waals surface area contributed by atoms with E-state index in [4.69, 9.17) is 4.74 Å². The van der Waals surface area contributed by atoms with E-state index >= 15 is 0 Å². The van der Waals surface area contributed by atoms with Gasteiger partial charge in [0.2, 0.25) is 5.91 Å². The number of carbonyl (C=O) groups excluding carboxylic acids is 1. The predicted molar refractivity (Wildman–Crippen MR) is 112 cm³/mol. The number of hydrogen-bond acceptors (Lipinski definition) is 4. The van der Waals surface area contributed by atoms with Crippen LogP contribution in [0, 0.1) is 11.3 Å². The Bertz CT molecular complexity index is 867. The third-order valence-corrected chi connectivity index (χ3v) is 4.67. The maximum Gasteiger partial charge on any atom is 0.261 e. The zero-order valence-electron chi connectivity index (χ0n) is 17.9. The van der Waals surface area contributed by atoms with Crippen LogP contribution in [0.15, 0.2) is 29.1 Å². The fourth-order valence-electron chi connectivity index (χ4n) is 3.71. The van der Waals surface area contributed by atoms with Crippen molar-refractivity contribution in [1.29, 1.82) is 0 Å². The van der Waals surface area contributed by atoms with Gasteiger partial charge in [-0.1, -0.05) is 39.8 Å². The molecule has 2 unspecified atom stereocenters. The average molecular weight is 388 g/mol. The van der Waals surface area contributed by atoms with E-state index in [9.17, 15) is 9.59 Å². The first-order chi connectivity index (χ1) is 13.1. The van der Waals surface area contributed by atoms with Gasteiger partial charge in [-0.25, -0.2) is 4.98 Å². The summed E-state index contributed by atoms with van der Waals surface area (Å²) in [5.74, 6) is 0.815. The van der Waals surface area contributed by atoms with E-state index in [1.54, 1.807) is 17.7 Å². The average Bonchev–Trinajstić information content (AvgIpc) is 2.58. The van der Waals surface area contributed by atoms with Crippen molar-refractivity contribution in [1.82, 2.24) is 14.9 Å². The summed E-state index contributed by atoms with van der Waals surface area (Å²) >= 11 is 0. The molecule has 2 aromatic rings. The Morgan fingerprint density at radius 1 is 1.25 bits per heavy atom. The van der Waals surface area contributed by atoms with Gasteiger partial charge in [-0.15, -0.1) is 0 Å². The lowest BCUT2D eigenvalue weighted by atomic mass is 9.84. The standard InChI is InChI=1S/C22H33N3O3/c1-15(14-22(3,4)5)13-19(26)23-16(2)20-24-18-10-8-7-9-17(18)21(27)25(20)11-12-28-6/h7-10,15-16H,11-14H2,1-6H3,(H,23,26). The Balaban J connectivity index is 2.24. The summed E-state index contributed by atoms with van der Waals surface area (Å²) in [6, 6.07) is 6.91. The maximum absolute atomic E-state index is 12.9. The van der Waals surface area contributed by atoms with Crippen molar-refractivity contribution in [3.8, 4) is 0 Å². The lowest BCUT2D eigenvalue weighted by Gasteiger charge is -2.24. The van der Waals surface area contributed by atoms with Crippen LogP contribution >= 0.6 is 0 Å². The largest absolute Gasteiger partial charge is 0.383 e. The number of amides is 1. The molecule has 0 bridgehead atoms. The Morgan fingerprint density at radius 3 is 2.57 bits per heavy atom. The molecule has 0 radical (unpaired) electrons. The molecule has 2 atom stereocenters. The summed E-state index contributed by atoms with van der Waals surface area (Å²) in [5, 5.41) is 3.59. The van der Waals surface area contributed by atoms with Crippen molar-refractivity contribution in [3.05, 3.63) is 40.4 Å². The van der Waals surface area contributed by atoms with Crippen molar-refractivity contribution in [2.24, 2.45) is 11.3 Å². The van der Waals surface area contributed by atoms with Crippen LogP contribution in [0.3, 0.4) is 0 Å². The molecule has 6 heteroatoms. The number of methoxy groups -OCH3 is 1. The molecule has 0 saturated heterocycles. The molecule has 1 N–H and O–H groups in total. The van der Waals surface area contributed by atoms with Crippen LogP contribution < -0.4 is 10.9 Å². The predicted octanol–water partition coefficient (Wildman–Crippen LogP) is 3.68. The molecule has 0 aliphatic carbocycles. The SMILES string of the molecule is COCCn1c(C(C)NC(=O)CC(C)CC(C)(C)C)nc2ccccc2c1=O. The molecule has 0 spiro atoms. The minimum atomic E-state index is -0.372. The minimum absolute atomic E-state index is 0.0232. The number of para-hydroxylation sites is 1. The van der Waals surface area contributed by atoms with E-state index in [2.05, 4.69) is 38.0 Å². The first kappa shape index (κ1) is 22.1. The van der Waals surface area contributed by atoms with Crippen LogP contribution in [-0.4, -0.2) is 29.2 Å². The molecule has 1 aromatic heterocycles. The summed E-state index contributed by atoms with van der Waals surface area (Å²) in [6.45, 7) is 11.3. The molecule has 1 amide bonds. The van der Waals surface area contributed by atoms with E-state index in [1.165, 1.54) is 0 Å². The Morgan fingerprint density at radius 2 is 1.93 bits per heavy atom. The number of rotatable bonds is 8. The quantitative estimate of drug-likeness (QED) is 0.750. The fourth-order valence-corrected chi connectivity index (χ4v) is 3.71. The van der Waals surface area contributed by atoms with E-state index in [0.717, 1.165) is 6.42 Å². The summed E-state index contributed by atoms with van der Waals surface area (Å²) in [7, 11) is 1.60. The zero-order valence-corrected chi connectivity index (χ0v) is 17.9. The van der Waals surface area contributed by atoms with Crippen LogP contribution in [0.1, 0.15) is 59.3 Å².